The minimum atomic E-state index is -0.352. The lowest BCUT2D eigenvalue weighted by atomic mass is 10.3. The van der Waals surface area contributed by atoms with Crippen molar-refractivity contribution >= 4 is 12.1 Å². The summed E-state index contributed by atoms with van der Waals surface area (Å²) in [5.41, 5.74) is 0. The number of aldehydes is 1. The second-order valence-corrected chi connectivity index (χ2v) is 0.909. The van der Waals surface area contributed by atoms with E-state index in [1.165, 1.54) is 0 Å². The Hall–Kier alpha value is -0.920. The van der Waals surface area contributed by atoms with Crippen molar-refractivity contribution in [1.82, 2.24) is 0 Å². The molecule has 7 heavy (non-hydrogen) atoms. The van der Waals surface area contributed by atoms with E-state index in [1.807, 2.05) is 0 Å². The lowest BCUT2D eigenvalue weighted by Crippen LogP contribution is -1.91. The van der Waals surface area contributed by atoms with Crippen molar-refractivity contribution in [3.63, 3.8) is 0 Å². The van der Waals surface area contributed by atoms with Crippen LogP contribution < -0.4 is 0 Å². The monoisotopic (exact) mass is 97.0 g/mol. The van der Waals surface area contributed by atoms with E-state index in [0.717, 1.165) is 12.5 Å². The van der Waals surface area contributed by atoms with Crippen molar-refractivity contribution < 1.29 is 9.59 Å². The lowest BCUT2D eigenvalue weighted by Gasteiger charge is -1.74. The van der Waals surface area contributed by atoms with E-state index in [2.05, 4.69) is 6.58 Å². The molecule has 1 radical (unpaired) electrons. The first-order chi connectivity index (χ1) is 3.31. The third kappa shape index (κ3) is 2.89. The molecular weight excluding hydrogens is 92.1 g/mol. The molecule has 37 valence electrons. The summed E-state index contributed by atoms with van der Waals surface area (Å²) in [5.74, 6) is -0.352. The summed E-state index contributed by atoms with van der Waals surface area (Å²) in [6, 6.07) is 0. The Morgan fingerprint density at radius 3 is 2.29 bits per heavy atom. The third-order valence-corrected chi connectivity index (χ3v) is 0.433. The molecule has 0 aliphatic carbocycles. The summed E-state index contributed by atoms with van der Waals surface area (Å²) in [7, 11) is 0. The molecule has 0 heterocycles. The fourth-order valence-electron chi connectivity index (χ4n) is 0.135. The van der Waals surface area contributed by atoms with Gasteiger partial charge in [0.2, 0.25) is 0 Å². The van der Waals surface area contributed by atoms with Gasteiger partial charge in [-0.2, -0.15) is 0 Å². The Morgan fingerprint density at radius 2 is 2.14 bits per heavy atom. The number of carbonyl (C=O) groups is 2. The van der Waals surface area contributed by atoms with Gasteiger partial charge in [0.15, 0.2) is 5.78 Å². The molecule has 0 aliphatic rings. The second kappa shape index (κ2) is 3.28. The fraction of sp³-hybridized carbons (Fsp3) is 0. The largest absolute Gasteiger partial charge is 0.303 e. The van der Waals surface area contributed by atoms with Gasteiger partial charge in [-0.15, -0.1) is 0 Å². The van der Waals surface area contributed by atoms with Crippen LogP contribution in [0.3, 0.4) is 0 Å². The average molecular weight is 97.1 g/mol. The maximum Gasteiger partial charge on any atom is 0.166 e. The Balaban J connectivity index is 3.36. The van der Waals surface area contributed by atoms with E-state index >= 15 is 0 Å². The van der Waals surface area contributed by atoms with E-state index in [1.54, 1.807) is 0 Å². The highest BCUT2D eigenvalue weighted by Gasteiger charge is 1.89. The van der Waals surface area contributed by atoms with Crippen LogP contribution in [0.15, 0.2) is 12.7 Å². The predicted octanol–water partition coefficient (Wildman–Crippen LogP) is 0.145. The standard InChI is InChI=1S/C5H5O2/c1-2-5(7)3-4-6/h2-4H,1H2. The van der Waals surface area contributed by atoms with Crippen molar-refractivity contribution in [1.29, 1.82) is 0 Å². The van der Waals surface area contributed by atoms with Gasteiger partial charge in [0.05, 0.1) is 6.42 Å². The highest BCUT2D eigenvalue weighted by Crippen LogP contribution is 1.73. The maximum atomic E-state index is 10.0. The van der Waals surface area contributed by atoms with Crippen LogP contribution in [0.25, 0.3) is 0 Å². The van der Waals surface area contributed by atoms with Gasteiger partial charge in [-0.25, -0.2) is 0 Å². The van der Waals surface area contributed by atoms with Crippen LogP contribution in [0.5, 0.6) is 0 Å². The first-order valence-corrected chi connectivity index (χ1v) is 1.76. The molecule has 0 aromatic carbocycles. The SMILES string of the molecule is C=CC(=O)[CH]C=O. The molecule has 0 spiro atoms. The topological polar surface area (TPSA) is 34.1 Å². The van der Waals surface area contributed by atoms with Crippen molar-refractivity contribution in [3.05, 3.63) is 19.1 Å². The molecule has 0 saturated carbocycles. The molecule has 0 saturated heterocycles. The molecule has 0 atom stereocenters. The van der Waals surface area contributed by atoms with Gasteiger partial charge in [0.25, 0.3) is 0 Å². The van der Waals surface area contributed by atoms with Crippen molar-refractivity contribution in [3.8, 4) is 0 Å². The highest BCUT2D eigenvalue weighted by molar-refractivity contribution is 6.07. The van der Waals surface area contributed by atoms with Crippen LogP contribution in [0.2, 0.25) is 0 Å². The van der Waals surface area contributed by atoms with Gasteiger partial charge in [-0.05, 0) is 6.08 Å². The van der Waals surface area contributed by atoms with E-state index in [9.17, 15) is 9.59 Å². The first-order valence-electron chi connectivity index (χ1n) is 1.76. The van der Waals surface area contributed by atoms with E-state index in [0.29, 0.717) is 6.29 Å². The molecular formula is C5H5O2. The quantitative estimate of drug-likeness (QED) is 0.285. The lowest BCUT2D eigenvalue weighted by molar-refractivity contribution is -0.114. The molecule has 0 aromatic heterocycles. The van der Waals surface area contributed by atoms with Crippen LogP contribution >= 0.6 is 0 Å². The summed E-state index contributed by atoms with van der Waals surface area (Å²) in [6.07, 6.45) is 2.42. The van der Waals surface area contributed by atoms with E-state index < -0.39 is 0 Å². The molecule has 0 rings (SSSR count). The molecule has 0 unspecified atom stereocenters. The van der Waals surface area contributed by atoms with Crippen LogP contribution in [0.1, 0.15) is 0 Å². The number of allylic oxidation sites excluding steroid dienone is 1. The number of carbonyl (C=O) groups excluding carboxylic acids is 2. The molecule has 0 N–H and O–H groups in total. The van der Waals surface area contributed by atoms with Gasteiger partial charge >= 0.3 is 0 Å². The van der Waals surface area contributed by atoms with Gasteiger partial charge in [0.1, 0.15) is 6.29 Å². The smallest absolute Gasteiger partial charge is 0.166 e. The number of rotatable bonds is 3. The summed E-state index contributed by atoms with van der Waals surface area (Å²) in [6.45, 7) is 3.14. The molecule has 0 bridgehead atoms. The minimum absolute atomic E-state index is 0.352. The molecule has 0 aromatic rings. The van der Waals surface area contributed by atoms with Crippen molar-refractivity contribution in [2.75, 3.05) is 0 Å². The number of hydrogen-bond acceptors (Lipinski definition) is 2. The Labute approximate surface area is 41.8 Å². The van der Waals surface area contributed by atoms with Crippen LogP contribution in [0, 0.1) is 6.42 Å². The summed E-state index contributed by atoms with van der Waals surface area (Å²) in [4.78, 5) is 19.5. The van der Waals surface area contributed by atoms with Crippen LogP contribution in [-0.4, -0.2) is 12.1 Å². The molecule has 2 heteroatoms. The molecule has 0 amide bonds. The Morgan fingerprint density at radius 1 is 1.57 bits per heavy atom. The first kappa shape index (κ1) is 6.08. The van der Waals surface area contributed by atoms with E-state index in [4.69, 9.17) is 0 Å². The van der Waals surface area contributed by atoms with Gasteiger partial charge < -0.3 is 4.79 Å². The highest BCUT2D eigenvalue weighted by atomic mass is 16.1. The minimum Gasteiger partial charge on any atom is -0.303 e. The molecule has 0 fully saturated rings. The maximum absolute atomic E-state index is 10.0. The fourth-order valence-corrected chi connectivity index (χ4v) is 0.135. The zero-order chi connectivity index (χ0) is 5.70. The van der Waals surface area contributed by atoms with Gasteiger partial charge in [0, 0.05) is 0 Å². The third-order valence-electron chi connectivity index (χ3n) is 0.433. The van der Waals surface area contributed by atoms with E-state index in [-0.39, 0.29) is 5.78 Å². The van der Waals surface area contributed by atoms with Gasteiger partial charge in [-0.1, -0.05) is 6.58 Å². The predicted molar refractivity (Wildman–Crippen MR) is 25.6 cm³/mol. The van der Waals surface area contributed by atoms with Crippen LogP contribution in [-0.2, 0) is 9.59 Å². The summed E-state index contributed by atoms with van der Waals surface area (Å²) < 4.78 is 0. The Bertz CT molecular complexity index is 94.3. The summed E-state index contributed by atoms with van der Waals surface area (Å²) >= 11 is 0. The molecule has 0 aliphatic heterocycles. The number of ketones is 1. The van der Waals surface area contributed by atoms with Gasteiger partial charge in [-0.3, -0.25) is 4.79 Å². The zero-order valence-electron chi connectivity index (χ0n) is 3.76. The van der Waals surface area contributed by atoms with Crippen molar-refractivity contribution in [2.45, 2.75) is 0 Å². The second-order valence-electron chi connectivity index (χ2n) is 0.909. The normalized spacial score (nSPS) is 7.43. The number of hydrogen-bond donors (Lipinski definition) is 0. The molecule has 2 nitrogen and oxygen atoms in total. The average Bonchev–Trinajstić information content (AvgIpc) is 1.68. The summed E-state index contributed by atoms with van der Waals surface area (Å²) in [5, 5.41) is 0. The Kier molecular flexibility index (Phi) is 2.85. The van der Waals surface area contributed by atoms with Crippen LogP contribution in [0.4, 0.5) is 0 Å². The van der Waals surface area contributed by atoms with Crippen molar-refractivity contribution in [2.24, 2.45) is 0 Å². The zero-order valence-corrected chi connectivity index (χ0v) is 3.76.